The Morgan fingerprint density at radius 3 is 2.36 bits per heavy atom. The van der Waals surface area contributed by atoms with Gasteiger partial charge >= 0.3 is 6.03 Å². The van der Waals surface area contributed by atoms with Crippen LogP contribution in [0.4, 0.5) is 10.5 Å². The van der Waals surface area contributed by atoms with Crippen LogP contribution in [0.2, 0.25) is 0 Å². The number of nitrogens with one attached hydrogen (secondary N) is 2. The van der Waals surface area contributed by atoms with E-state index in [1.807, 2.05) is 31.2 Å². The van der Waals surface area contributed by atoms with Crippen molar-refractivity contribution in [2.24, 2.45) is 0 Å². The van der Waals surface area contributed by atoms with Crippen molar-refractivity contribution in [3.05, 3.63) is 47.7 Å². The zero-order valence-corrected chi connectivity index (χ0v) is 16.5. The fourth-order valence-electron chi connectivity index (χ4n) is 2.87. The summed E-state index contributed by atoms with van der Waals surface area (Å²) < 4.78 is 30.8. The number of rotatable bonds is 4. The predicted octanol–water partition coefficient (Wildman–Crippen LogP) is 1.49. The van der Waals surface area contributed by atoms with Gasteiger partial charge in [-0.3, -0.25) is 4.79 Å². The minimum atomic E-state index is -3.74. The van der Waals surface area contributed by atoms with E-state index in [1.165, 1.54) is 24.1 Å². The number of nitrogens with zero attached hydrogens (tertiary/aromatic N) is 2. The number of sulfonamides is 1. The van der Waals surface area contributed by atoms with Crippen LogP contribution in [-0.2, 0) is 10.0 Å². The Hall–Kier alpha value is -2.85. The molecule has 1 saturated heterocycles. The second-order valence-electron chi connectivity index (χ2n) is 6.41. The van der Waals surface area contributed by atoms with Gasteiger partial charge in [0.25, 0.3) is 15.9 Å². The van der Waals surface area contributed by atoms with Crippen LogP contribution < -0.4 is 10.0 Å². The lowest BCUT2D eigenvalue weighted by Gasteiger charge is -2.34. The molecule has 1 aromatic heterocycles. The van der Waals surface area contributed by atoms with Crippen LogP contribution in [-0.4, -0.2) is 63.4 Å². The summed E-state index contributed by atoms with van der Waals surface area (Å²) in [5, 5.41) is 2.54. The first-order valence-corrected chi connectivity index (χ1v) is 10.2. The van der Waals surface area contributed by atoms with E-state index in [9.17, 15) is 18.0 Å². The molecule has 9 nitrogen and oxygen atoms in total. The minimum Gasteiger partial charge on any atom is -0.438 e. The zero-order chi connectivity index (χ0) is 20.3. The van der Waals surface area contributed by atoms with E-state index in [4.69, 9.17) is 4.42 Å². The van der Waals surface area contributed by atoms with Gasteiger partial charge in [-0.05, 0) is 43.8 Å². The highest BCUT2D eigenvalue weighted by Crippen LogP contribution is 2.17. The molecule has 28 heavy (non-hydrogen) atoms. The molecule has 0 radical (unpaired) electrons. The van der Waals surface area contributed by atoms with Crippen molar-refractivity contribution < 1.29 is 22.4 Å². The summed E-state index contributed by atoms with van der Waals surface area (Å²) in [5.41, 5.74) is 1.77. The molecule has 1 aliphatic rings. The number of carbonyl (C=O) groups is 2. The molecule has 1 aliphatic heterocycles. The van der Waals surface area contributed by atoms with Crippen molar-refractivity contribution in [1.82, 2.24) is 14.5 Å². The molecule has 2 aromatic rings. The molecule has 0 unspecified atom stereocenters. The predicted molar refractivity (Wildman–Crippen MR) is 103 cm³/mol. The molecule has 0 aliphatic carbocycles. The topological polar surface area (TPSA) is 112 Å². The molecule has 3 amide bonds. The molecule has 2 N–H and O–H groups in total. The molecule has 0 saturated carbocycles. The first kappa shape index (κ1) is 19.9. The van der Waals surface area contributed by atoms with Crippen LogP contribution in [0.25, 0.3) is 0 Å². The van der Waals surface area contributed by atoms with E-state index < -0.39 is 15.9 Å². The van der Waals surface area contributed by atoms with Gasteiger partial charge in [0.1, 0.15) is 0 Å². The third-order valence-electron chi connectivity index (χ3n) is 4.45. The Balaban J connectivity index is 1.57. The first-order chi connectivity index (χ1) is 13.3. The summed E-state index contributed by atoms with van der Waals surface area (Å²) in [4.78, 5) is 28.1. The monoisotopic (exact) mass is 406 g/mol. The molecule has 2 heterocycles. The van der Waals surface area contributed by atoms with Crippen molar-refractivity contribution in [2.75, 3.05) is 38.5 Å². The third kappa shape index (κ3) is 4.34. The average Bonchev–Trinajstić information content (AvgIpc) is 3.18. The van der Waals surface area contributed by atoms with Gasteiger partial charge in [0.15, 0.2) is 5.76 Å². The van der Waals surface area contributed by atoms with E-state index >= 15 is 0 Å². The number of urea groups is 1. The fraction of sp³-hybridized carbons (Fsp3) is 0.333. The molecule has 1 fully saturated rings. The number of hydrogen-bond acceptors (Lipinski definition) is 5. The van der Waals surface area contributed by atoms with Crippen LogP contribution in [0, 0.1) is 6.92 Å². The molecular weight excluding hydrogens is 384 g/mol. The molecule has 10 heteroatoms. The van der Waals surface area contributed by atoms with Crippen LogP contribution in [0.1, 0.15) is 16.1 Å². The molecule has 3 rings (SSSR count). The number of aryl methyl sites for hydroxylation is 1. The largest absolute Gasteiger partial charge is 0.438 e. The Morgan fingerprint density at radius 1 is 1.04 bits per heavy atom. The summed E-state index contributed by atoms with van der Waals surface area (Å²) in [6.45, 7) is 3.34. The van der Waals surface area contributed by atoms with E-state index in [0.717, 1.165) is 11.3 Å². The molecule has 1 aromatic carbocycles. The molecule has 0 spiro atoms. The van der Waals surface area contributed by atoms with Crippen molar-refractivity contribution in [3.8, 4) is 0 Å². The van der Waals surface area contributed by atoms with Gasteiger partial charge in [0, 0.05) is 31.9 Å². The minimum absolute atomic E-state index is 0.0495. The van der Waals surface area contributed by atoms with Crippen LogP contribution in [0.3, 0.4) is 0 Å². The number of amides is 3. The summed E-state index contributed by atoms with van der Waals surface area (Å²) in [6, 6.07) is 9.87. The van der Waals surface area contributed by atoms with E-state index in [1.54, 1.807) is 4.90 Å². The summed E-state index contributed by atoms with van der Waals surface area (Å²) in [6.07, 6.45) is 0. The van der Waals surface area contributed by atoms with Gasteiger partial charge in [-0.25, -0.2) is 17.9 Å². The van der Waals surface area contributed by atoms with Gasteiger partial charge < -0.3 is 19.5 Å². The maximum absolute atomic E-state index is 12.5. The van der Waals surface area contributed by atoms with E-state index in [-0.39, 0.29) is 16.9 Å². The first-order valence-electron chi connectivity index (χ1n) is 8.75. The van der Waals surface area contributed by atoms with Crippen molar-refractivity contribution in [2.45, 2.75) is 12.0 Å². The molecule has 0 bridgehead atoms. The normalized spacial score (nSPS) is 14.8. The second kappa shape index (κ2) is 8.03. The Labute approximate surface area is 163 Å². The second-order valence-corrected chi connectivity index (χ2v) is 8.22. The summed E-state index contributed by atoms with van der Waals surface area (Å²) in [7, 11) is -2.48. The van der Waals surface area contributed by atoms with Crippen LogP contribution in [0.15, 0.2) is 45.9 Å². The summed E-state index contributed by atoms with van der Waals surface area (Å²) >= 11 is 0. The maximum atomic E-state index is 12.5. The van der Waals surface area contributed by atoms with Crippen molar-refractivity contribution in [3.63, 3.8) is 0 Å². The lowest BCUT2D eigenvalue weighted by Crippen LogP contribution is -2.51. The Kier molecular flexibility index (Phi) is 5.71. The number of piperazine rings is 1. The molecular formula is C18H22N4O5S. The van der Waals surface area contributed by atoms with E-state index in [2.05, 4.69) is 10.0 Å². The Morgan fingerprint density at radius 2 is 1.71 bits per heavy atom. The Bertz CT molecular complexity index is 977. The average molecular weight is 406 g/mol. The van der Waals surface area contributed by atoms with Gasteiger partial charge in [0.05, 0.1) is 0 Å². The smallest absolute Gasteiger partial charge is 0.321 e. The van der Waals surface area contributed by atoms with Gasteiger partial charge in [-0.1, -0.05) is 12.1 Å². The van der Waals surface area contributed by atoms with Gasteiger partial charge in [-0.2, -0.15) is 0 Å². The molecule has 0 atom stereocenters. The number of furan rings is 1. The fourth-order valence-corrected chi connectivity index (χ4v) is 3.52. The number of carbonyl (C=O) groups excluding carboxylic acids is 2. The lowest BCUT2D eigenvalue weighted by molar-refractivity contribution is 0.0635. The number of benzene rings is 1. The van der Waals surface area contributed by atoms with Crippen LogP contribution >= 0.6 is 0 Å². The van der Waals surface area contributed by atoms with Crippen molar-refractivity contribution >= 4 is 27.6 Å². The highest BCUT2D eigenvalue weighted by Gasteiger charge is 2.28. The lowest BCUT2D eigenvalue weighted by atomic mass is 10.2. The zero-order valence-electron chi connectivity index (χ0n) is 15.6. The SMILES string of the molecule is CNS(=O)(=O)c1ccc(C(=O)N2CCN(C(=O)Nc3cccc(C)c3)CC2)o1. The quantitative estimate of drug-likeness (QED) is 0.799. The number of hydrogen-bond donors (Lipinski definition) is 2. The highest BCUT2D eigenvalue weighted by molar-refractivity contribution is 7.89. The van der Waals surface area contributed by atoms with Gasteiger partial charge in [-0.15, -0.1) is 0 Å². The summed E-state index contributed by atoms with van der Waals surface area (Å²) in [5.74, 6) is -0.456. The third-order valence-corrected chi connectivity index (χ3v) is 5.74. The highest BCUT2D eigenvalue weighted by atomic mass is 32.2. The van der Waals surface area contributed by atoms with E-state index in [0.29, 0.717) is 26.2 Å². The van der Waals surface area contributed by atoms with Gasteiger partial charge in [0.2, 0.25) is 5.09 Å². The van der Waals surface area contributed by atoms with Crippen molar-refractivity contribution in [1.29, 1.82) is 0 Å². The maximum Gasteiger partial charge on any atom is 0.321 e. The number of anilines is 1. The standard InChI is InChI=1S/C18H22N4O5S/c1-13-4-3-5-14(12-13)20-18(24)22-10-8-21(9-11-22)17(23)15-6-7-16(27-15)28(25,26)19-2/h3-7,12,19H,8-11H2,1-2H3,(H,20,24). The molecule has 150 valence electrons. The van der Waals surface area contributed by atoms with Crippen LogP contribution in [0.5, 0.6) is 0 Å².